The van der Waals surface area contributed by atoms with Gasteiger partial charge in [0, 0.05) is 36.4 Å². The minimum absolute atomic E-state index is 0.0806. The predicted molar refractivity (Wildman–Crippen MR) is 129 cm³/mol. The zero-order chi connectivity index (χ0) is 23.1. The van der Waals surface area contributed by atoms with Gasteiger partial charge in [0.1, 0.15) is 0 Å². The zero-order valence-corrected chi connectivity index (χ0v) is 19.6. The molecule has 7 nitrogen and oxygen atoms in total. The van der Waals surface area contributed by atoms with Gasteiger partial charge in [-0.05, 0) is 66.9 Å². The second-order valence-electron chi connectivity index (χ2n) is 7.62. The van der Waals surface area contributed by atoms with E-state index in [0.717, 1.165) is 29.2 Å². The Morgan fingerprint density at radius 3 is 2.67 bits per heavy atom. The molecule has 9 heteroatoms. The second kappa shape index (κ2) is 10.9. The summed E-state index contributed by atoms with van der Waals surface area (Å²) in [5.74, 6) is 0.424. The maximum Gasteiger partial charge on any atom is 0.255 e. The summed E-state index contributed by atoms with van der Waals surface area (Å²) in [7, 11) is -3.65. The van der Waals surface area contributed by atoms with Gasteiger partial charge in [-0.1, -0.05) is 18.2 Å². The SMILES string of the molecule is O=C(Nc1cccc(CSc2ccccn2)c1)c1ccc(S(=O)(=O)NCC2CCCO2)cc1. The summed E-state index contributed by atoms with van der Waals surface area (Å²) in [4.78, 5) is 17.1. The number of amides is 1. The highest BCUT2D eigenvalue weighted by atomic mass is 32.2. The lowest BCUT2D eigenvalue weighted by molar-refractivity contribution is 0.102. The molecule has 1 aliphatic rings. The number of carbonyl (C=O) groups excluding carboxylic acids is 1. The van der Waals surface area contributed by atoms with Gasteiger partial charge in [0.15, 0.2) is 0 Å². The smallest absolute Gasteiger partial charge is 0.255 e. The Morgan fingerprint density at radius 2 is 1.94 bits per heavy atom. The molecule has 0 radical (unpaired) electrons. The third-order valence-electron chi connectivity index (χ3n) is 5.16. The largest absolute Gasteiger partial charge is 0.377 e. The molecule has 4 rings (SSSR count). The quantitative estimate of drug-likeness (QED) is 0.445. The van der Waals surface area contributed by atoms with Gasteiger partial charge in [0.05, 0.1) is 16.0 Å². The molecule has 1 aliphatic heterocycles. The molecule has 0 bridgehead atoms. The van der Waals surface area contributed by atoms with Crippen molar-refractivity contribution in [2.75, 3.05) is 18.5 Å². The fourth-order valence-electron chi connectivity index (χ4n) is 3.41. The summed E-state index contributed by atoms with van der Waals surface area (Å²) in [6.45, 7) is 0.918. The summed E-state index contributed by atoms with van der Waals surface area (Å²) in [5, 5.41) is 3.81. The summed E-state index contributed by atoms with van der Waals surface area (Å²) >= 11 is 1.62. The van der Waals surface area contributed by atoms with Crippen molar-refractivity contribution < 1.29 is 17.9 Å². The van der Waals surface area contributed by atoms with Gasteiger partial charge in [-0.15, -0.1) is 11.8 Å². The number of ether oxygens (including phenoxy) is 1. The number of aromatic nitrogens is 1. The molecule has 0 aliphatic carbocycles. The first-order chi connectivity index (χ1) is 16.0. The molecule has 2 heterocycles. The monoisotopic (exact) mass is 483 g/mol. The number of sulfonamides is 1. The van der Waals surface area contributed by atoms with Crippen LogP contribution in [0.1, 0.15) is 28.8 Å². The van der Waals surface area contributed by atoms with Crippen molar-refractivity contribution in [2.45, 2.75) is 34.6 Å². The number of rotatable bonds is 9. The Morgan fingerprint density at radius 1 is 1.09 bits per heavy atom. The minimum atomic E-state index is -3.65. The molecule has 172 valence electrons. The van der Waals surface area contributed by atoms with Crippen LogP contribution < -0.4 is 10.0 Å². The number of anilines is 1. The molecule has 0 spiro atoms. The van der Waals surface area contributed by atoms with E-state index >= 15 is 0 Å². The number of benzene rings is 2. The third kappa shape index (κ3) is 6.64. The van der Waals surface area contributed by atoms with Crippen molar-refractivity contribution in [1.82, 2.24) is 9.71 Å². The van der Waals surface area contributed by atoms with Crippen LogP contribution in [0.4, 0.5) is 5.69 Å². The predicted octanol–water partition coefficient (Wildman–Crippen LogP) is 4.08. The van der Waals surface area contributed by atoms with Crippen LogP contribution in [0.5, 0.6) is 0 Å². The van der Waals surface area contributed by atoms with Gasteiger partial charge in [0.25, 0.3) is 5.91 Å². The first-order valence-corrected chi connectivity index (χ1v) is 13.1. The fraction of sp³-hybridized carbons (Fsp3) is 0.250. The topological polar surface area (TPSA) is 97.4 Å². The molecule has 0 saturated carbocycles. The third-order valence-corrected chi connectivity index (χ3v) is 7.62. The molecule has 1 saturated heterocycles. The molecular formula is C24H25N3O4S2. The minimum Gasteiger partial charge on any atom is -0.377 e. The summed E-state index contributed by atoms with van der Waals surface area (Å²) in [5.41, 5.74) is 2.11. The van der Waals surface area contributed by atoms with Crippen LogP contribution in [-0.4, -0.2) is 38.6 Å². The fourth-order valence-corrected chi connectivity index (χ4v) is 5.28. The summed E-state index contributed by atoms with van der Waals surface area (Å²) < 4.78 is 33.0. The number of hydrogen-bond donors (Lipinski definition) is 2. The lowest BCUT2D eigenvalue weighted by atomic mass is 10.2. The highest BCUT2D eigenvalue weighted by molar-refractivity contribution is 7.98. The molecule has 1 aromatic heterocycles. The molecule has 2 N–H and O–H groups in total. The molecule has 1 atom stereocenters. The van der Waals surface area contributed by atoms with Crippen molar-refractivity contribution >= 4 is 33.4 Å². The number of nitrogens with zero attached hydrogens (tertiary/aromatic N) is 1. The van der Waals surface area contributed by atoms with Crippen LogP contribution in [0.3, 0.4) is 0 Å². The number of nitrogens with one attached hydrogen (secondary N) is 2. The van der Waals surface area contributed by atoms with E-state index in [-0.39, 0.29) is 23.5 Å². The van der Waals surface area contributed by atoms with Crippen molar-refractivity contribution in [2.24, 2.45) is 0 Å². The van der Waals surface area contributed by atoms with Gasteiger partial charge in [-0.3, -0.25) is 4.79 Å². The van der Waals surface area contributed by atoms with Gasteiger partial charge >= 0.3 is 0 Å². The first-order valence-electron chi connectivity index (χ1n) is 10.6. The Labute approximate surface area is 198 Å². The van der Waals surface area contributed by atoms with Gasteiger partial charge in [0.2, 0.25) is 10.0 Å². The Kier molecular flexibility index (Phi) is 7.77. The normalized spacial score (nSPS) is 15.9. The molecule has 33 heavy (non-hydrogen) atoms. The van der Waals surface area contributed by atoms with Crippen molar-refractivity contribution in [3.05, 3.63) is 84.1 Å². The maximum absolute atomic E-state index is 12.7. The summed E-state index contributed by atoms with van der Waals surface area (Å²) in [6, 6.07) is 19.3. The van der Waals surface area contributed by atoms with E-state index < -0.39 is 10.0 Å². The zero-order valence-electron chi connectivity index (χ0n) is 17.9. The van der Waals surface area contributed by atoms with Gasteiger partial charge in [-0.2, -0.15) is 0 Å². The number of pyridine rings is 1. The second-order valence-corrected chi connectivity index (χ2v) is 10.4. The number of carbonyl (C=O) groups is 1. The van der Waals surface area contributed by atoms with Crippen molar-refractivity contribution in [3.63, 3.8) is 0 Å². The van der Waals surface area contributed by atoms with Gasteiger partial charge in [-0.25, -0.2) is 18.1 Å². The molecule has 1 unspecified atom stereocenters. The first kappa shape index (κ1) is 23.4. The Hall–Kier alpha value is -2.72. The molecular weight excluding hydrogens is 458 g/mol. The van der Waals surface area contributed by atoms with Crippen LogP contribution >= 0.6 is 11.8 Å². The Balaban J connectivity index is 1.34. The average Bonchev–Trinajstić information content (AvgIpc) is 3.36. The molecule has 1 amide bonds. The van der Waals surface area contributed by atoms with E-state index in [1.54, 1.807) is 18.0 Å². The number of hydrogen-bond acceptors (Lipinski definition) is 6. The van der Waals surface area contributed by atoms with Crippen LogP contribution in [0.15, 0.2) is 82.8 Å². The average molecular weight is 484 g/mol. The number of thioether (sulfide) groups is 1. The highest BCUT2D eigenvalue weighted by Crippen LogP contribution is 2.22. The van der Waals surface area contributed by atoms with Crippen LogP contribution in [-0.2, 0) is 20.5 Å². The van der Waals surface area contributed by atoms with E-state index in [1.807, 2.05) is 42.5 Å². The van der Waals surface area contributed by atoms with Crippen LogP contribution in [0.25, 0.3) is 0 Å². The van der Waals surface area contributed by atoms with E-state index in [2.05, 4.69) is 15.0 Å². The standard InChI is InChI=1S/C24H25N3O4S2/c28-24(27-20-6-3-5-18(15-20)17-32-23-8-1-2-13-25-23)19-9-11-22(12-10-19)33(29,30)26-16-21-7-4-14-31-21/h1-3,5-6,8-13,15,21,26H,4,7,14,16-17H2,(H,27,28). The molecule has 2 aromatic carbocycles. The van der Waals surface area contributed by atoms with Crippen molar-refractivity contribution in [1.29, 1.82) is 0 Å². The van der Waals surface area contributed by atoms with E-state index in [1.165, 1.54) is 24.3 Å². The van der Waals surface area contributed by atoms with Crippen LogP contribution in [0.2, 0.25) is 0 Å². The maximum atomic E-state index is 12.7. The lowest BCUT2D eigenvalue weighted by Gasteiger charge is -2.12. The van der Waals surface area contributed by atoms with E-state index in [9.17, 15) is 13.2 Å². The van der Waals surface area contributed by atoms with Crippen molar-refractivity contribution in [3.8, 4) is 0 Å². The summed E-state index contributed by atoms with van der Waals surface area (Å²) in [6.07, 6.45) is 3.48. The van der Waals surface area contributed by atoms with E-state index in [0.29, 0.717) is 17.9 Å². The molecule has 1 fully saturated rings. The van der Waals surface area contributed by atoms with E-state index in [4.69, 9.17) is 4.74 Å². The molecule has 3 aromatic rings. The lowest BCUT2D eigenvalue weighted by Crippen LogP contribution is -2.31. The van der Waals surface area contributed by atoms with Crippen LogP contribution in [0, 0.1) is 0 Å². The van der Waals surface area contributed by atoms with Gasteiger partial charge < -0.3 is 10.1 Å². The highest BCUT2D eigenvalue weighted by Gasteiger charge is 2.20. The Bertz CT molecular complexity index is 1180.